The van der Waals surface area contributed by atoms with Gasteiger partial charge in [0, 0.05) is 36.3 Å². The summed E-state index contributed by atoms with van der Waals surface area (Å²) in [5.41, 5.74) is 3.98. The van der Waals surface area contributed by atoms with Crippen LogP contribution in [0.1, 0.15) is 24.8 Å². The van der Waals surface area contributed by atoms with E-state index in [1.807, 2.05) is 25.4 Å². The maximum atomic E-state index is 8.32. The molecule has 2 aromatic heterocycles. The van der Waals surface area contributed by atoms with Crippen molar-refractivity contribution in [2.45, 2.75) is 19.3 Å². The Kier molecular flexibility index (Phi) is 3.88. The van der Waals surface area contributed by atoms with Gasteiger partial charge in [-0.25, -0.2) is 4.98 Å². The molecule has 3 rings (SSSR count). The van der Waals surface area contributed by atoms with E-state index in [2.05, 4.69) is 15.3 Å². The molecule has 0 amide bonds. The van der Waals surface area contributed by atoms with Crippen molar-refractivity contribution in [1.29, 1.82) is 5.41 Å². The largest absolute Gasteiger partial charge is 0.393 e. The Balaban J connectivity index is 1.98. The summed E-state index contributed by atoms with van der Waals surface area (Å²) in [4.78, 5) is 8.71. The van der Waals surface area contributed by atoms with Crippen LogP contribution in [0.3, 0.4) is 0 Å². The molecule has 4 nitrogen and oxygen atoms in total. The first-order valence-corrected chi connectivity index (χ1v) is 7.43. The van der Waals surface area contributed by atoms with Gasteiger partial charge in [-0.2, -0.15) is 0 Å². The Morgan fingerprint density at radius 1 is 1.43 bits per heavy atom. The minimum atomic E-state index is 0.452. The predicted molar refractivity (Wildman–Crippen MR) is 86.7 cm³/mol. The number of nitrogens with zero attached hydrogens (tertiary/aromatic N) is 2. The molecule has 2 N–H and O–H groups in total. The average molecular weight is 301 g/mol. The van der Waals surface area contributed by atoms with E-state index < -0.39 is 0 Å². The number of aromatic nitrogens is 2. The van der Waals surface area contributed by atoms with E-state index in [1.165, 1.54) is 12.8 Å². The Morgan fingerprint density at radius 3 is 2.95 bits per heavy atom. The highest BCUT2D eigenvalue weighted by atomic mass is 35.5. The Bertz CT molecular complexity index is 719. The van der Waals surface area contributed by atoms with Crippen LogP contribution in [-0.4, -0.2) is 22.7 Å². The molecule has 2 aromatic rings. The van der Waals surface area contributed by atoms with Crippen molar-refractivity contribution in [3.63, 3.8) is 0 Å². The molecule has 1 saturated carbocycles. The molecule has 0 spiro atoms. The van der Waals surface area contributed by atoms with Crippen LogP contribution in [0, 0.1) is 11.3 Å². The fourth-order valence-corrected chi connectivity index (χ4v) is 2.49. The lowest BCUT2D eigenvalue weighted by Crippen LogP contribution is -2.07. The van der Waals surface area contributed by atoms with E-state index in [9.17, 15) is 0 Å². The van der Waals surface area contributed by atoms with Crippen molar-refractivity contribution in [2.24, 2.45) is 5.92 Å². The molecule has 5 heteroatoms. The van der Waals surface area contributed by atoms with Gasteiger partial charge in [-0.1, -0.05) is 11.6 Å². The lowest BCUT2D eigenvalue weighted by Gasteiger charge is -2.10. The molecule has 0 saturated heterocycles. The molecule has 108 valence electrons. The molecule has 1 fully saturated rings. The number of halogens is 1. The van der Waals surface area contributed by atoms with Gasteiger partial charge in [0.25, 0.3) is 0 Å². The monoisotopic (exact) mass is 300 g/mol. The Labute approximate surface area is 128 Å². The normalized spacial score (nSPS) is 15.2. The molecule has 1 aliphatic carbocycles. The van der Waals surface area contributed by atoms with Crippen LogP contribution in [0.4, 0.5) is 0 Å². The Hall–Kier alpha value is -1.94. The van der Waals surface area contributed by atoms with Crippen molar-refractivity contribution < 1.29 is 0 Å². The number of hydrogen-bond acceptors (Lipinski definition) is 4. The van der Waals surface area contributed by atoms with E-state index in [-0.39, 0.29) is 0 Å². The molecule has 0 aliphatic heterocycles. The van der Waals surface area contributed by atoms with Crippen LogP contribution in [0.25, 0.3) is 16.6 Å². The quantitative estimate of drug-likeness (QED) is 0.654. The molecule has 0 aromatic carbocycles. The van der Waals surface area contributed by atoms with Gasteiger partial charge in [-0.3, -0.25) is 4.98 Å². The molecule has 1 aliphatic rings. The van der Waals surface area contributed by atoms with Gasteiger partial charge in [0.05, 0.1) is 11.0 Å². The third-order valence-electron chi connectivity index (χ3n) is 3.62. The second-order valence-corrected chi connectivity index (χ2v) is 5.76. The molecule has 2 heterocycles. The maximum Gasteiger partial charge on any atom is 0.129 e. The summed E-state index contributed by atoms with van der Waals surface area (Å²) in [5.74, 6) is 0.679. The highest BCUT2D eigenvalue weighted by Crippen LogP contribution is 2.34. The second kappa shape index (κ2) is 5.82. The van der Waals surface area contributed by atoms with Crippen molar-refractivity contribution in [1.82, 2.24) is 15.3 Å². The summed E-state index contributed by atoms with van der Waals surface area (Å²) in [7, 11) is 1.84. The zero-order valence-electron chi connectivity index (χ0n) is 11.9. The van der Waals surface area contributed by atoms with Crippen LogP contribution in [0.2, 0.25) is 5.15 Å². The molecular weight excluding hydrogens is 284 g/mol. The minimum Gasteiger partial charge on any atom is -0.393 e. The number of nitrogens with one attached hydrogen (secondary N) is 2. The zero-order chi connectivity index (χ0) is 14.8. The topological polar surface area (TPSA) is 61.7 Å². The van der Waals surface area contributed by atoms with Gasteiger partial charge in [0.2, 0.25) is 0 Å². The third kappa shape index (κ3) is 3.22. The summed E-state index contributed by atoms with van der Waals surface area (Å²) in [5, 5.41) is 11.8. The first-order valence-electron chi connectivity index (χ1n) is 7.05. The first kappa shape index (κ1) is 14.0. The van der Waals surface area contributed by atoms with Gasteiger partial charge in [-0.05, 0) is 43.4 Å². The van der Waals surface area contributed by atoms with Crippen molar-refractivity contribution >= 4 is 33.9 Å². The fraction of sp³-hybridized carbons (Fsp3) is 0.312. The summed E-state index contributed by atoms with van der Waals surface area (Å²) in [6.45, 7) is 0. The fourth-order valence-electron chi connectivity index (χ4n) is 2.34. The van der Waals surface area contributed by atoms with Crippen LogP contribution in [0.15, 0.2) is 30.6 Å². The van der Waals surface area contributed by atoms with E-state index >= 15 is 0 Å². The number of allylic oxidation sites excluding steroid dienone is 1. The van der Waals surface area contributed by atoms with Crippen LogP contribution in [-0.2, 0) is 0 Å². The summed E-state index contributed by atoms with van der Waals surface area (Å²) in [6.07, 6.45) is 6.96. The molecule has 0 radical (unpaired) electrons. The molecule has 0 atom stereocenters. The number of pyridine rings is 2. The van der Waals surface area contributed by atoms with E-state index in [0.29, 0.717) is 16.8 Å². The standard InChI is InChI=1S/C16H17ClN4/c1-19-9-12(13(18)6-10-2-3-10)11-7-15-14(20-8-11)4-5-16(17)21-15/h4-5,7-10,18-19H,2-3,6H2,1H3/b12-9-,18-13?. The summed E-state index contributed by atoms with van der Waals surface area (Å²) < 4.78 is 0. The highest BCUT2D eigenvalue weighted by molar-refractivity contribution is 6.29. The van der Waals surface area contributed by atoms with Crippen LogP contribution < -0.4 is 5.32 Å². The van der Waals surface area contributed by atoms with Gasteiger partial charge in [0.15, 0.2) is 0 Å². The van der Waals surface area contributed by atoms with Gasteiger partial charge < -0.3 is 10.7 Å². The number of rotatable bonds is 5. The lowest BCUT2D eigenvalue weighted by atomic mass is 9.99. The van der Waals surface area contributed by atoms with Gasteiger partial charge in [-0.15, -0.1) is 0 Å². The third-order valence-corrected chi connectivity index (χ3v) is 3.83. The summed E-state index contributed by atoms with van der Waals surface area (Å²) in [6, 6.07) is 5.53. The average Bonchev–Trinajstić information content (AvgIpc) is 3.27. The Morgan fingerprint density at radius 2 is 2.24 bits per heavy atom. The van der Waals surface area contributed by atoms with Gasteiger partial charge >= 0.3 is 0 Å². The molecular formula is C16H17ClN4. The van der Waals surface area contributed by atoms with E-state index in [4.69, 9.17) is 17.0 Å². The van der Waals surface area contributed by atoms with Crippen molar-refractivity contribution in [3.8, 4) is 0 Å². The SMILES string of the molecule is CN/C=C(\C(=N)CC1CC1)c1cnc2ccc(Cl)nc2c1. The first-order chi connectivity index (χ1) is 10.2. The summed E-state index contributed by atoms with van der Waals surface area (Å²) >= 11 is 5.94. The van der Waals surface area contributed by atoms with Crippen molar-refractivity contribution in [3.05, 3.63) is 41.3 Å². The number of hydrogen-bond donors (Lipinski definition) is 2. The van der Waals surface area contributed by atoms with Crippen LogP contribution >= 0.6 is 11.6 Å². The molecule has 21 heavy (non-hydrogen) atoms. The lowest BCUT2D eigenvalue weighted by molar-refractivity contribution is 0.893. The van der Waals surface area contributed by atoms with Gasteiger partial charge in [0.1, 0.15) is 5.15 Å². The minimum absolute atomic E-state index is 0.452. The smallest absolute Gasteiger partial charge is 0.129 e. The zero-order valence-corrected chi connectivity index (χ0v) is 12.6. The number of fused-ring (bicyclic) bond motifs is 1. The predicted octanol–water partition coefficient (Wildman–Crippen LogP) is 3.66. The van der Waals surface area contributed by atoms with Crippen molar-refractivity contribution in [2.75, 3.05) is 7.05 Å². The van der Waals surface area contributed by atoms with E-state index in [0.717, 1.165) is 28.6 Å². The van der Waals surface area contributed by atoms with E-state index in [1.54, 1.807) is 12.3 Å². The second-order valence-electron chi connectivity index (χ2n) is 5.37. The maximum absolute atomic E-state index is 8.32. The highest BCUT2D eigenvalue weighted by Gasteiger charge is 2.24. The molecule has 0 unspecified atom stereocenters. The molecule has 0 bridgehead atoms. The van der Waals surface area contributed by atoms with Crippen LogP contribution in [0.5, 0.6) is 0 Å².